The zero-order chi connectivity index (χ0) is 9.56. The Balaban J connectivity index is 4.35. The Hall–Kier alpha value is -1.11. The minimum absolute atomic E-state index is 0.0607. The molecule has 0 aliphatic rings. The molecule has 66 valence electrons. The molecule has 0 aliphatic heterocycles. The first-order chi connectivity index (χ1) is 5.56. The van der Waals surface area contributed by atoms with Gasteiger partial charge in [0.1, 0.15) is 0 Å². The Kier molecular flexibility index (Phi) is 5.02. The molecule has 12 heavy (non-hydrogen) atoms. The molecule has 0 heterocycles. The van der Waals surface area contributed by atoms with Crippen LogP contribution in [0.25, 0.3) is 0 Å². The van der Waals surface area contributed by atoms with Crippen LogP contribution in [0.1, 0.15) is 27.7 Å². The maximum Gasteiger partial charge on any atom is 0.178 e. The van der Waals surface area contributed by atoms with Gasteiger partial charge in [-0.15, -0.1) is 0 Å². The van der Waals surface area contributed by atoms with Gasteiger partial charge in [-0.1, -0.05) is 17.7 Å². The fraction of sp³-hybridized carbons (Fsp3) is 0.364. The summed E-state index contributed by atoms with van der Waals surface area (Å²) in [6.45, 7) is 7.67. The fourth-order valence-electron chi connectivity index (χ4n) is 0.862. The Labute approximate surface area is 74.5 Å². The molecule has 0 unspecified atom stereocenters. The first kappa shape index (κ1) is 10.9. The molecular formula is C11H16O. The molecule has 0 N–H and O–H groups in total. The average molecular weight is 164 g/mol. The number of carbonyl (C=O) groups excluding carboxylic acids is 1. The Bertz CT molecular complexity index is 238. The van der Waals surface area contributed by atoms with Crippen LogP contribution in [0.5, 0.6) is 0 Å². The largest absolute Gasteiger partial charge is 0.290 e. The van der Waals surface area contributed by atoms with Gasteiger partial charge in [-0.05, 0) is 45.4 Å². The second-order valence-electron chi connectivity index (χ2n) is 3.01. The number of carbonyl (C=O) groups is 1. The van der Waals surface area contributed by atoms with E-state index in [0.717, 1.165) is 11.1 Å². The zero-order valence-corrected chi connectivity index (χ0v) is 8.22. The number of ketones is 1. The van der Waals surface area contributed by atoms with Gasteiger partial charge in [0.2, 0.25) is 0 Å². The van der Waals surface area contributed by atoms with E-state index in [1.165, 1.54) is 0 Å². The van der Waals surface area contributed by atoms with E-state index in [4.69, 9.17) is 0 Å². The zero-order valence-electron chi connectivity index (χ0n) is 8.22. The number of hydrogen-bond acceptors (Lipinski definition) is 1. The van der Waals surface area contributed by atoms with E-state index in [1.807, 2.05) is 39.8 Å². The molecule has 0 spiro atoms. The Morgan fingerprint density at radius 2 is 1.67 bits per heavy atom. The molecule has 0 radical (unpaired) electrons. The monoisotopic (exact) mass is 164 g/mol. The minimum atomic E-state index is 0.0607. The molecule has 0 fully saturated rings. The van der Waals surface area contributed by atoms with Crippen molar-refractivity contribution in [2.24, 2.45) is 0 Å². The maximum atomic E-state index is 11.2. The number of hydrogen-bond donors (Lipinski definition) is 0. The van der Waals surface area contributed by atoms with Crippen molar-refractivity contribution >= 4 is 5.78 Å². The van der Waals surface area contributed by atoms with E-state index in [1.54, 1.807) is 12.2 Å². The summed E-state index contributed by atoms with van der Waals surface area (Å²) in [4.78, 5) is 11.2. The van der Waals surface area contributed by atoms with Gasteiger partial charge in [0.15, 0.2) is 5.78 Å². The standard InChI is InChI=1S/C11H16O/c1-5-6-10(4)8-11(12)7-9(2)3/h5-8H,1-4H3/b6-5+,10-8+. The van der Waals surface area contributed by atoms with Crippen LogP contribution in [0.15, 0.2) is 35.5 Å². The first-order valence-electron chi connectivity index (χ1n) is 4.06. The molecular weight excluding hydrogens is 148 g/mol. The van der Waals surface area contributed by atoms with Crippen molar-refractivity contribution in [1.29, 1.82) is 0 Å². The first-order valence-corrected chi connectivity index (χ1v) is 4.06. The molecule has 0 saturated carbocycles. The second kappa shape index (κ2) is 5.53. The van der Waals surface area contributed by atoms with Crippen molar-refractivity contribution in [2.45, 2.75) is 27.7 Å². The maximum absolute atomic E-state index is 11.2. The minimum Gasteiger partial charge on any atom is -0.290 e. The molecule has 0 amide bonds. The average Bonchev–Trinajstić information content (AvgIpc) is 1.84. The van der Waals surface area contributed by atoms with Gasteiger partial charge < -0.3 is 0 Å². The van der Waals surface area contributed by atoms with Crippen LogP contribution in [0, 0.1) is 0 Å². The molecule has 0 aliphatic carbocycles. The predicted octanol–water partition coefficient (Wildman–Crippen LogP) is 3.04. The summed E-state index contributed by atoms with van der Waals surface area (Å²) in [5.74, 6) is 0.0607. The van der Waals surface area contributed by atoms with E-state index in [0.29, 0.717) is 0 Å². The summed E-state index contributed by atoms with van der Waals surface area (Å²) in [6.07, 6.45) is 7.10. The third kappa shape index (κ3) is 5.66. The normalized spacial score (nSPS) is 11.8. The highest BCUT2D eigenvalue weighted by atomic mass is 16.1. The highest BCUT2D eigenvalue weighted by molar-refractivity contribution is 6.00. The summed E-state index contributed by atoms with van der Waals surface area (Å²) in [6, 6.07) is 0. The van der Waals surface area contributed by atoms with Gasteiger partial charge >= 0.3 is 0 Å². The summed E-state index contributed by atoms with van der Waals surface area (Å²) < 4.78 is 0. The third-order valence-electron chi connectivity index (χ3n) is 1.23. The van der Waals surface area contributed by atoms with Crippen molar-refractivity contribution < 1.29 is 4.79 Å². The van der Waals surface area contributed by atoms with Crippen molar-refractivity contribution in [3.8, 4) is 0 Å². The quantitative estimate of drug-likeness (QED) is 0.463. The molecule has 0 atom stereocenters. The van der Waals surface area contributed by atoms with Gasteiger partial charge in [0.05, 0.1) is 0 Å². The van der Waals surface area contributed by atoms with Crippen molar-refractivity contribution in [2.75, 3.05) is 0 Å². The van der Waals surface area contributed by atoms with Gasteiger partial charge in [-0.3, -0.25) is 4.79 Å². The van der Waals surface area contributed by atoms with Crippen LogP contribution < -0.4 is 0 Å². The van der Waals surface area contributed by atoms with Crippen molar-refractivity contribution in [1.82, 2.24) is 0 Å². The van der Waals surface area contributed by atoms with E-state index in [9.17, 15) is 4.79 Å². The smallest absolute Gasteiger partial charge is 0.178 e. The molecule has 0 aromatic rings. The van der Waals surface area contributed by atoms with Crippen LogP contribution in [-0.4, -0.2) is 5.78 Å². The SMILES string of the molecule is C/C=C/C(C)=C/C(=O)C=C(C)C. The van der Waals surface area contributed by atoms with Crippen LogP contribution >= 0.6 is 0 Å². The Morgan fingerprint density at radius 3 is 2.08 bits per heavy atom. The van der Waals surface area contributed by atoms with Crippen LogP contribution in [0.3, 0.4) is 0 Å². The number of rotatable bonds is 3. The van der Waals surface area contributed by atoms with E-state index in [2.05, 4.69) is 0 Å². The van der Waals surface area contributed by atoms with Crippen LogP contribution in [-0.2, 0) is 4.79 Å². The molecule has 0 rings (SSSR count). The lowest BCUT2D eigenvalue weighted by Crippen LogP contribution is -1.88. The second-order valence-corrected chi connectivity index (χ2v) is 3.01. The molecule has 0 aromatic carbocycles. The molecule has 0 aromatic heterocycles. The van der Waals surface area contributed by atoms with Gasteiger partial charge in [0.25, 0.3) is 0 Å². The molecule has 1 heteroatoms. The number of allylic oxidation sites excluding steroid dienone is 6. The van der Waals surface area contributed by atoms with Crippen molar-refractivity contribution in [3.05, 3.63) is 35.5 Å². The lowest BCUT2D eigenvalue weighted by atomic mass is 10.2. The van der Waals surface area contributed by atoms with Crippen LogP contribution in [0.2, 0.25) is 0 Å². The van der Waals surface area contributed by atoms with Gasteiger partial charge in [-0.2, -0.15) is 0 Å². The van der Waals surface area contributed by atoms with E-state index >= 15 is 0 Å². The summed E-state index contributed by atoms with van der Waals surface area (Å²) >= 11 is 0. The lowest BCUT2D eigenvalue weighted by Gasteiger charge is -1.89. The topological polar surface area (TPSA) is 17.1 Å². The molecule has 0 saturated heterocycles. The van der Waals surface area contributed by atoms with Gasteiger partial charge in [0, 0.05) is 0 Å². The van der Waals surface area contributed by atoms with E-state index < -0.39 is 0 Å². The summed E-state index contributed by atoms with van der Waals surface area (Å²) in [5, 5.41) is 0. The Morgan fingerprint density at radius 1 is 1.08 bits per heavy atom. The van der Waals surface area contributed by atoms with E-state index in [-0.39, 0.29) is 5.78 Å². The lowest BCUT2D eigenvalue weighted by molar-refractivity contribution is -0.110. The fourth-order valence-corrected chi connectivity index (χ4v) is 0.862. The highest BCUT2D eigenvalue weighted by Crippen LogP contribution is 1.97. The highest BCUT2D eigenvalue weighted by Gasteiger charge is 1.91. The summed E-state index contributed by atoms with van der Waals surface area (Å²) in [7, 11) is 0. The predicted molar refractivity (Wildman–Crippen MR) is 53.0 cm³/mol. The molecule has 0 bridgehead atoms. The van der Waals surface area contributed by atoms with Crippen LogP contribution in [0.4, 0.5) is 0 Å². The van der Waals surface area contributed by atoms with Gasteiger partial charge in [-0.25, -0.2) is 0 Å². The summed E-state index contributed by atoms with van der Waals surface area (Å²) in [5.41, 5.74) is 2.02. The third-order valence-corrected chi connectivity index (χ3v) is 1.23. The van der Waals surface area contributed by atoms with Crippen molar-refractivity contribution in [3.63, 3.8) is 0 Å². The molecule has 1 nitrogen and oxygen atoms in total.